The molecule has 7 N–H and O–H groups in total. The van der Waals surface area contributed by atoms with Crippen LogP contribution in [0.3, 0.4) is 0 Å². The van der Waals surface area contributed by atoms with Gasteiger partial charge in [-0.05, 0) is 44.9 Å². The van der Waals surface area contributed by atoms with Gasteiger partial charge < -0.3 is 64.2 Å². The number of unbranched alkanes of at least 4 members (excludes halogenated alkanes) is 29. The molecule has 0 aliphatic carbocycles. The van der Waals surface area contributed by atoms with Gasteiger partial charge in [-0.3, -0.25) is 9.59 Å². The molecule has 11 atom stereocenters. The fourth-order valence-electron chi connectivity index (χ4n) is 9.37. The third-order valence-corrected chi connectivity index (χ3v) is 14.2. The number of rotatable bonds is 47. The SMILES string of the molecule is CCCCC/C=C\C/C=C\CCCCCCCC(=O)OC(COC(=O)CCCCCCCCCCCCCCCCCCCCCCCC)COC1OC(COC2OC(CO)C(O)C(O)C2O)C(O)C(O)C1O. The summed E-state index contributed by atoms with van der Waals surface area (Å²) in [5, 5.41) is 72.2. The fourth-order valence-corrected chi connectivity index (χ4v) is 9.37. The molecule has 2 aliphatic rings. The second-order valence-electron chi connectivity index (χ2n) is 20.8. The molecule has 0 aromatic rings. The maximum Gasteiger partial charge on any atom is 0.306 e. The predicted molar refractivity (Wildman–Crippen MR) is 284 cm³/mol. The Hall–Kier alpha value is -2.02. The summed E-state index contributed by atoms with van der Waals surface area (Å²) in [6.45, 7) is 2.59. The van der Waals surface area contributed by atoms with E-state index in [1.165, 1.54) is 135 Å². The van der Waals surface area contributed by atoms with Crippen molar-refractivity contribution in [3.8, 4) is 0 Å². The van der Waals surface area contributed by atoms with Gasteiger partial charge in [-0.25, -0.2) is 0 Å². The molecule has 73 heavy (non-hydrogen) atoms. The van der Waals surface area contributed by atoms with Gasteiger partial charge in [-0.2, -0.15) is 0 Å². The Morgan fingerprint density at radius 2 is 0.822 bits per heavy atom. The van der Waals surface area contributed by atoms with Gasteiger partial charge in [0.1, 0.15) is 55.4 Å². The first kappa shape index (κ1) is 67.1. The summed E-state index contributed by atoms with van der Waals surface area (Å²) in [6.07, 6.45) is 32.0. The largest absolute Gasteiger partial charge is 0.462 e. The van der Waals surface area contributed by atoms with Gasteiger partial charge in [0.05, 0.1) is 19.8 Å². The molecule has 2 aliphatic heterocycles. The average Bonchev–Trinajstić information content (AvgIpc) is 3.38. The summed E-state index contributed by atoms with van der Waals surface area (Å²) < 4.78 is 33.7. The number of ether oxygens (including phenoxy) is 6. The Morgan fingerprint density at radius 3 is 1.30 bits per heavy atom. The number of aliphatic hydroxyl groups is 7. The van der Waals surface area contributed by atoms with E-state index in [0.29, 0.717) is 12.8 Å². The molecule has 0 spiro atoms. The van der Waals surface area contributed by atoms with Crippen molar-refractivity contribution in [2.45, 2.75) is 306 Å². The van der Waals surface area contributed by atoms with Crippen molar-refractivity contribution in [3.05, 3.63) is 24.3 Å². The highest BCUT2D eigenvalue weighted by molar-refractivity contribution is 5.70. The number of hydrogen-bond acceptors (Lipinski definition) is 15. The van der Waals surface area contributed by atoms with Crippen molar-refractivity contribution in [3.63, 3.8) is 0 Å². The van der Waals surface area contributed by atoms with E-state index in [1.807, 2.05) is 0 Å². The van der Waals surface area contributed by atoms with Crippen molar-refractivity contribution < 1.29 is 73.8 Å². The Kier molecular flexibility index (Phi) is 41.4. The number of esters is 2. The summed E-state index contributed by atoms with van der Waals surface area (Å²) >= 11 is 0. The summed E-state index contributed by atoms with van der Waals surface area (Å²) in [7, 11) is 0. The zero-order valence-corrected chi connectivity index (χ0v) is 45.6. The van der Waals surface area contributed by atoms with Gasteiger partial charge >= 0.3 is 11.9 Å². The van der Waals surface area contributed by atoms with Crippen LogP contribution in [-0.2, 0) is 38.0 Å². The Bertz CT molecular complexity index is 1360. The molecule has 0 aromatic heterocycles. The maximum absolute atomic E-state index is 13.0. The molecule has 2 rings (SSSR count). The smallest absolute Gasteiger partial charge is 0.306 e. The Morgan fingerprint density at radius 1 is 0.438 bits per heavy atom. The van der Waals surface area contributed by atoms with Crippen LogP contribution in [-0.4, -0.2) is 142 Å². The Labute approximate surface area is 441 Å². The molecule has 15 nitrogen and oxygen atoms in total. The van der Waals surface area contributed by atoms with Gasteiger partial charge in [0.2, 0.25) is 0 Å². The lowest BCUT2D eigenvalue weighted by Crippen LogP contribution is -2.61. The average molecular weight is 1040 g/mol. The van der Waals surface area contributed by atoms with E-state index in [2.05, 4.69) is 38.2 Å². The molecule has 0 radical (unpaired) electrons. The maximum atomic E-state index is 13.0. The van der Waals surface area contributed by atoms with Crippen LogP contribution in [0, 0.1) is 0 Å². The molecule has 2 fully saturated rings. The van der Waals surface area contributed by atoms with E-state index in [4.69, 9.17) is 28.4 Å². The van der Waals surface area contributed by atoms with E-state index in [9.17, 15) is 45.3 Å². The zero-order chi connectivity index (χ0) is 53.2. The lowest BCUT2D eigenvalue weighted by atomic mass is 9.98. The minimum absolute atomic E-state index is 0.152. The number of hydrogen-bond donors (Lipinski definition) is 7. The number of aliphatic hydroxyl groups excluding tert-OH is 7. The molecule has 428 valence electrons. The molecule has 2 saturated heterocycles. The van der Waals surface area contributed by atoms with Crippen molar-refractivity contribution in [1.82, 2.24) is 0 Å². The van der Waals surface area contributed by atoms with E-state index < -0.39 is 92.7 Å². The second-order valence-corrected chi connectivity index (χ2v) is 20.8. The Balaban J connectivity index is 1.73. The first-order valence-corrected chi connectivity index (χ1v) is 29.4. The van der Waals surface area contributed by atoms with Crippen LogP contribution in [0.5, 0.6) is 0 Å². The molecular formula is C58H106O15. The van der Waals surface area contributed by atoms with E-state index in [0.717, 1.165) is 64.2 Å². The van der Waals surface area contributed by atoms with Gasteiger partial charge in [0.15, 0.2) is 18.7 Å². The minimum Gasteiger partial charge on any atom is -0.462 e. The second kappa shape index (κ2) is 45.0. The molecule has 2 heterocycles. The van der Waals surface area contributed by atoms with Gasteiger partial charge in [0.25, 0.3) is 0 Å². The quantitative estimate of drug-likeness (QED) is 0.0171. The molecule has 0 amide bonds. The zero-order valence-electron chi connectivity index (χ0n) is 45.6. The van der Waals surface area contributed by atoms with Gasteiger partial charge in [0, 0.05) is 12.8 Å². The monoisotopic (exact) mass is 1040 g/mol. The predicted octanol–water partition coefficient (Wildman–Crippen LogP) is 9.89. The summed E-state index contributed by atoms with van der Waals surface area (Å²) in [5.74, 6) is -0.929. The molecule has 15 heteroatoms. The van der Waals surface area contributed by atoms with Crippen LogP contribution in [0.25, 0.3) is 0 Å². The molecule has 0 bridgehead atoms. The number of carbonyl (C=O) groups is 2. The molecule has 11 unspecified atom stereocenters. The fraction of sp³-hybridized carbons (Fsp3) is 0.897. The normalized spacial score (nSPS) is 24.9. The van der Waals surface area contributed by atoms with Crippen molar-refractivity contribution in [1.29, 1.82) is 0 Å². The third kappa shape index (κ3) is 32.4. The lowest BCUT2D eigenvalue weighted by molar-refractivity contribution is -0.332. The lowest BCUT2D eigenvalue weighted by Gasteiger charge is -2.42. The van der Waals surface area contributed by atoms with E-state index >= 15 is 0 Å². The highest BCUT2D eigenvalue weighted by Crippen LogP contribution is 2.27. The van der Waals surface area contributed by atoms with E-state index in [-0.39, 0.29) is 26.1 Å². The van der Waals surface area contributed by atoms with E-state index in [1.54, 1.807) is 0 Å². The third-order valence-electron chi connectivity index (χ3n) is 14.2. The van der Waals surface area contributed by atoms with Crippen molar-refractivity contribution in [2.75, 3.05) is 26.4 Å². The van der Waals surface area contributed by atoms with Crippen LogP contribution >= 0.6 is 0 Å². The van der Waals surface area contributed by atoms with Gasteiger partial charge in [-0.15, -0.1) is 0 Å². The number of allylic oxidation sites excluding steroid dienone is 4. The van der Waals surface area contributed by atoms with Crippen LogP contribution < -0.4 is 0 Å². The van der Waals surface area contributed by atoms with Crippen LogP contribution in [0.1, 0.15) is 239 Å². The summed E-state index contributed by atoms with van der Waals surface area (Å²) in [5.41, 5.74) is 0. The topological polar surface area (TPSA) is 231 Å². The van der Waals surface area contributed by atoms with Crippen molar-refractivity contribution >= 4 is 11.9 Å². The number of carbonyl (C=O) groups excluding carboxylic acids is 2. The highest BCUT2D eigenvalue weighted by Gasteiger charge is 2.47. The standard InChI is InChI=1S/C58H106O15/c1-3-5-7-9-11-13-15-17-19-20-21-22-23-24-25-27-28-30-32-34-36-38-40-49(60)68-43-46(71-50(61)41-39-37-35-33-31-29-26-18-16-14-12-10-8-6-4-2)44-69-57-56(67)54(65)52(63)48(73-57)45-70-58-55(66)53(64)51(62)47(42-59)72-58/h12,14,18,26,46-48,51-59,62-67H,3-11,13,15-17,19-25,27-45H2,1-2H3/b14-12-,26-18-. The minimum atomic E-state index is -1.77. The van der Waals surface area contributed by atoms with Crippen molar-refractivity contribution in [2.24, 2.45) is 0 Å². The summed E-state index contributed by atoms with van der Waals surface area (Å²) in [4.78, 5) is 25.9. The highest BCUT2D eigenvalue weighted by atomic mass is 16.7. The van der Waals surface area contributed by atoms with Gasteiger partial charge in [-0.1, -0.05) is 205 Å². The molecule has 0 saturated carbocycles. The molecular weight excluding hydrogens is 937 g/mol. The molecule has 0 aromatic carbocycles. The summed E-state index contributed by atoms with van der Waals surface area (Å²) in [6, 6.07) is 0. The first-order valence-electron chi connectivity index (χ1n) is 29.4. The van der Waals surface area contributed by atoms with Crippen LogP contribution in [0.2, 0.25) is 0 Å². The van der Waals surface area contributed by atoms with Crippen LogP contribution in [0.15, 0.2) is 24.3 Å². The first-order chi connectivity index (χ1) is 35.5. The van der Waals surface area contributed by atoms with Crippen LogP contribution in [0.4, 0.5) is 0 Å².